The van der Waals surface area contributed by atoms with E-state index in [1.54, 1.807) is 5.32 Å². The smallest absolute Gasteiger partial charge is 0.422 e. The molecule has 3 N–H and O–H groups in total. The number of para-hydroxylation sites is 1. The van der Waals surface area contributed by atoms with Gasteiger partial charge in [-0.25, -0.2) is 17.6 Å². The van der Waals surface area contributed by atoms with Crippen LogP contribution in [0.4, 0.5) is 53.5 Å². The van der Waals surface area contributed by atoms with Crippen molar-refractivity contribution >= 4 is 45.9 Å². The molecule has 3 aromatic carbocycles. The molecular weight excluding hydrogens is 613 g/mol. The topological polar surface area (TPSA) is 136 Å². The quantitative estimate of drug-likeness (QED) is 0.0525. The molecule has 0 bridgehead atoms. The van der Waals surface area contributed by atoms with Crippen molar-refractivity contribution in [1.82, 2.24) is 4.72 Å². The number of nitro groups is 1. The lowest BCUT2D eigenvalue weighted by Gasteiger charge is -2.16. The van der Waals surface area contributed by atoms with Crippen LogP contribution in [0, 0.1) is 33.4 Å². The first-order valence-corrected chi connectivity index (χ1v) is 13.4. The van der Waals surface area contributed by atoms with Crippen LogP contribution in [0.25, 0.3) is 0 Å². The number of alkyl halides is 3. The second kappa shape index (κ2) is 13.7. The second-order valence-corrected chi connectivity index (χ2v) is 10.0. The van der Waals surface area contributed by atoms with Crippen molar-refractivity contribution in [1.29, 1.82) is 0 Å². The number of unbranched alkanes of at least 4 members (excludes halogenated alkanes) is 2. The van der Waals surface area contributed by atoms with Crippen molar-refractivity contribution in [2.45, 2.75) is 43.7 Å². The standard InChI is InChI=1S/C26H21F7N4O5S/c1-2-3-4-9-18(38)36-43(42)17-8-6-5-7-15(17)35-25(39)13-10-11-14(16(12-13)37(40)41)34-24-22(29)20(27)19(26(31,32)33)21(28)23(24)30/h5-8,10-12,34H,2-4,9H2,1H3,(H,35,39)(H,36,38). The zero-order valence-corrected chi connectivity index (χ0v) is 22.7. The van der Waals surface area contributed by atoms with Gasteiger partial charge in [-0.15, -0.1) is 0 Å². The maximum Gasteiger partial charge on any atom is 0.422 e. The van der Waals surface area contributed by atoms with Gasteiger partial charge in [-0.3, -0.25) is 19.7 Å². The molecule has 0 spiro atoms. The van der Waals surface area contributed by atoms with Crippen LogP contribution in [0.1, 0.15) is 48.5 Å². The minimum absolute atomic E-state index is 0.00946. The molecule has 2 amide bonds. The Labute approximate surface area is 241 Å². The number of carbonyl (C=O) groups is 2. The van der Waals surface area contributed by atoms with E-state index in [4.69, 9.17) is 0 Å². The van der Waals surface area contributed by atoms with Gasteiger partial charge in [0, 0.05) is 18.1 Å². The summed E-state index contributed by atoms with van der Waals surface area (Å²) in [6.07, 6.45) is -3.45. The molecule has 1 atom stereocenters. The van der Waals surface area contributed by atoms with Crippen LogP contribution in [-0.2, 0) is 22.3 Å². The van der Waals surface area contributed by atoms with Crippen molar-refractivity contribution in [3.63, 3.8) is 0 Å². The van der Waals surface area contributed by atoms with Gasteiger partial charge in [0.15, 0.2) is 23.3 Å². The van der Waals surface area contributed by atoms with Gasteiger partial charge in [-0.05, 0) is 30.7 Å². The molecule has 0 aliphatic rings. The number of carbonyl (C=O) groups excluding carboxylic acids is 2. The number of halogens is 7. The molecule has 0 saturated heterocycles. The van der Waals surface area contributed by atoms with Crippen LogP contribution in [0.5, 0.6) is 0 Å². The van der Waals surface area contributed by atoms with Gasteiger partial charge in [0.25, 0.3) is 17.5 Å². The van der Waals surface area contributed by atoms with E-state index in [1.807, 2.05) is 6.92 Å². The first kappa shape index (κ1) is 33.1. The summed E-state index contributed by atoms with van der Waals surface area (Å²) in [4.78, 5) is 35.5. The highest BCUT2D eigenvalue weighted by atomic mass is 32.2. The number of anilines is 3. The first-order chi connectivity index (χ1) is 20.2. The number of nitrogens with one attached hydrogen (secondary N) is 3. The maximum absolute atomic E-state index is 14.3. The highest BCUT2D eigenvalue weighted by Crippen LogP contribution is 2.40. The van der Waals surface area contributed by atoms with Crippen LogP contribution in [-0.4, -0.2) is 21.3 Å². The molecule has 0 fully saturated rings. The van der Waals surface area contributed by atoms with Crippen molar-refractivity contribution in [3.05, 3.63) is 87.0 Å². The normalized spacial score (nSPS) is 12.0. The van der Waals surface area contributed by atoms with Crippen LogP contribution < -0.4 is 15.4 Å². The first-order valence-electron chi connectivity index (χ1n) is 12.3. The number of nitrogens with zero attached hydrogens (tertiary/aromatic N) is 1. The average molecular weight is 635 g/mol. The van der Waals surface area contributed by atoms with Crippen LogP contribution >= 0.6 is 0 Å². The number of nitro benzene ring substituents is 1. The van der Waals surface area contributed by atoms with Gasteiger partial charge in [-0.2, -0.15) is 17.9 Å². The zero-order chi connectivity index (χ0) is 32.1. The number of rotatable bonds is 11. The van der Waals surface area contributed by atoms with Gasteiger partial charge in [-0.1, -0.05) is 31.9 Å². The van der Waals surface area contributed by atoms with Crippen LogP contribution in [0.15, 0.2) is 47.4 Å². The Morgan fingerprint density at radius 1 is 0.930 bits per heavy atom. The third-order valence-electron chi connectivity index (χ3n) is 5.81. The summed E-state index contributed by atoms with van der Waals surface area (Å²) < 4.78 is 110. The molecule has 0 aliphatic heterocycles. The molecule has 3 rings (SSSR count). The van der Waals surface area contributed by atoms with Gasteiger partial charge < -0.3 is 15.2 Å². The second-order valence-electron chi connectivity index (χ2n) is 8.82. The van der Waals surface area contributed by atoms with Gasteiger partial charge in [0.2, 0.25) is 4.90 Å². The minimum Gasteiger partial charge on any atom is -0.588 e. The highest BCUT2D eigenvalue weighted by Gasteiger charge is 2.42. The summed E-state index contributed by atoms with van der Waals surface area (Å²) in [6.45, 7) is 1.94. The van der Waals surface area contributed by atoms with E-state index in [-0.39, 0.29) is 17.0 Å². The predicted molar refractivity (Wildman–Crippen MR) is 141 cm³/mol. The molecule has 1 unspecified atom stereocenters. The summed E-state index contributed by atoms with van der Waals surface area (Å²) in [7, 11) is 0. The Morgan fingerprint density at radius 2 is 1.56 bits per heavy atom. The monoisotopic (exact) mass is 634 g/mol. The third-order valence-corrected chi connectivity index (χ3v) is 6.98. The average Bonchev–Trinajstić information content (AvgIpc) is 2.94. The van der Waals surface area contributed by atoms with Gasteiger partial charge in [0.05, 0.1) is 10.6 Å². The number of hydrogen-bond donors (Lipinski definition) is 3. The molecule has 9 nitrogen and oxygen atoms in total. The summed E-state index contributed by atoms with van der Waals surface area (Å²) in [5, 5.41) is 15.7. The van der Waals surface area contributed by atoms with Gasteiger partial charge in [0.1, 0.15) is 28.3 Å². The third kappa shape index (κ3) is 7.72. The highest BCUT2D eigenvalue weighted by molar-refractivity contribution is 7.90. The molecule has 0 aliphatic carbocycles. The number of benzene rings is 3. The molecule has 230 valence electrons. The van der Waals surface area contributed by atoms with E-state index in [0.29, 0.717) is 12.5 Å². The Morgan fingerprint density at radius 3 is 2.14 bits per heavy atom. The lowest BCUT2D eigenvalue weighted by Crippen LogP contribution is -2.31. The van der Waals surface area contributed by atoms with E-state index in [1.165, 1.54) is 24.3 Å². The summed E-state index contributed by atoms with van der Waals surface area (Å²) in [5.41, 5.74) is -6.95. The maximum atomic E-state index is 14.3. The molecule has 0 aromatic heterocycles. The lowest BCUT2D eigenvalue weighted by molar-refractivity contribution is -0.383. The lowest BCUT2D eigenvalue weighted by atomic mass is 10.1. The number of amides is 2. The van der Waals surface area contributed by atoms with Gasteiger partial charge >= 0.3 is 6.18 Å². The number of hydrogen-bond acceptors (Lipinski definition) is 6. The molecule has 0 radical (unpaired) electrons. The molecule has 17 heteroatoms. The molecule has 43 heavy (non-hydrogen) atoms. The van der Waals surface area contributed by atoms with E-state index in [2.05, 4.69) is 10.0 Å². The summed E-state index contributed by atoms with van der Waals surface area (Å²) in [6, 6.07) is 7.84. The van der Waals surface area contributed by atoms with E-state index in [0.717, 1.165) is 25.0 Å². The Bertz CT molecular complexity index is 1530. The fourth-order valence-electron chi connectivity index (χ4n) is 3.73. The Hall–Kier alpha value is -4.38. The minimum atomic E-state index is -5.79. The summed E-state index contributed by atoms with van der Waals surface area (Å²) >= 11 is -2.09. The molecular formula is C26H21F7N4O5S. The van der Waals surface area contributed by atoms with Crippen LogP contribution in [0.2, 0.25) is 0 Å². The van der Waals surface area contributed by atoms with E-state index < -0.39 is 85.7 Å². The van der Waals surface area contributed by atoms with Crippen molar-refractivity contribution in [2.75, 3.05) is 10.6 Å². The van der Waals surface area contributed by atoms with Crippen LogP contribution in [0.3, 0.4) is 0 Å². The fraction of sp³-hybridized carbons (Fsp3) is 0.231. The molecule has 0 heterocycles. The van der Waals surface area contributed by atoms with Crippen molar-refractivity contribution < 1.29 is 49.8 Å². The Balaban J connectivity index is 1.89. The van der Waals surface area contributed by atoms with E-state index in [9.17, 15) is 55.0 Å². The fourth-order valence-corrected chi connectivity index (χ4v) is 4.67. The Kier molecular flexibility index (Phi) is 10.6. The van der Waals surface area contributed by atoms with Crippen molar-refractivity contribution in [2.24, 2.45) is 0 Å². The largest absolute Gasteiger partial charge is 0.588 e. The van der Waals surface area contributed by atoms with E-state index >= 15 is 0 Å². The zero-order valence-electron chi connectivity index (χ0n) is 21.9. The van der Waals surface area contributed by atoms with Crippen molar-refractivity contribution in [3.8, 4) is 0 Å². The molecule has 0 saturated carbocycles. The summed E-state index contributed by atoms with van der Waals surface area (Å²) in [5.74, 6) is -12.0. The SMILES string of the molecule is CCCCCC(=O)N[S+]([O-])c1ccccc1NC(=O)c1ccc(Nc2c(F)c(F)c(C(F)(F)F)c(F)c2F)c([N+](=O)[O-])c1. The predicted octanol–water partition coefficient (Wildman–Crippen LogP) is 6.89. The molecule has 3 aromatic rings.